The Bertz CT molecular complexity index is 1150. The summed E-state index contributed by atoms with van der Waals surface area (Å²) in [7, 11) is -3.51. The van der Waals surface area contributed by atoms with Gasteiger partial charge in [-0.05, 0) is 56.2 Å². The number of anilines is 1. The van der Waals surface area contributed by atoms with Gasteiger partial charge in [0.15, 0.2) is 0 Å². The van der Waals surface area contributed by atoms with Crippen LogP contribution in [0, 0.1) is 6.92 Å². The number of carbonyl (C=O) groups excluding carboxylic acids is 2. The molecule has 2 aromatic carbocycles. The smallest absolute Gasteiger partial charge is 0.243 e. The van der Waals surface area contributed by atoms with E-state index in [0.717, 1.165) is 36.8 Å². The average molecular weight is 542 g/mol. The Morgan fingerprint density at radius 1 is 0.974 bits per heavy atom. The zero-order chi connectivity index (χ0) is 27.5. The first-order valence-corrected chi connectivity index (χ1v) is 15.7. The van der Waals surface area contributed by atoms with Crippen molar-refractivity contribution in [2.24, 2.45) is 0 Å². The highest BCUT2D eigenvalue weighted by Gasteiger charge is 2.30. The van der Waals surface area contributed by atoms with Crippen molar-refractivity contribution >= 4 is 27.5 Å². The molecule has 2 amide bonds. The molecule has 0 spiro atoms. The standard InChI is InChI=1S/C30H43N3O4S/c1-4-27(30(35)31-26-17-9-6-10-18-26)32(23-21-25-15-7-5-8-16-25)29(34)20-13-22-33(38(3,36)37)28-19-12-11-14-24(28)2/h5,7-8,11-12,14-16,19,26-27H,4,6,9-10,13,17-18,20-23H2,1-3H3,(H,31,35). The number of carbonyl (C=O) groups is 2. The number of sulfonamides is 1. The molecule has 1 N–H and O–H groups in total. The Balaban J connectivity index is 1.72. The molecule has 0 saturated heterocycles. The highest BCUT2D eigenvalue weighted by molar-refractivity contribution is 7.92. The van der Waals surface area contributed by atoms with Crippen molar-refractivity contribution in [3.8, 4) is 0 Å². The van der Waals surface area contributed by atoms with Gasteiger partial charge in [-0.3, -0.25) is 13.9 Å². The summed E-state index contributed by atoms with van der Waals surface area (Å²) in [4.78, 5) is 28.6. The van der Waals surface area contributed by atoms with Gasteiger partial charge in [-0.1, -0.05) is 74.7 Å². The lowest BCUT2D eigenvalue weighted by molar-refractivity contribution is -0.141. The molecule has 3 rings (SSSR count). The number of amides is 2. The van der Waals surface area contributed by atoms with Crippen LogP contribution in [-0.2, 0) is 26.0 Å². The Hall–Kier alpha value is -2.87. The van der Waals surface area contributed by atoms with Crippen molar-refractivity contribution in [2.75, 3.05) is 23.7 Å². The zero-order valence-electron chi connectivity index (χ0n) is 23.1. The number of rotatable bonds is 13. The summed E-state index contributed by atoms with van der Waals surface area (Å²) >= 11 is 0. The molecule has 7 nitrogen and oxygen atoms in total. The van der Waals surface area contributed by atoms with Crippen molar-refractivity contribution < 1.29 is 18.0 Å². The van der Waals surface area contributed by atoms with Crippen LogP contribution in [0.3, 0.4) is 0 Å². The van der Waals surface area contributed by atoms with Gasteiger partial charge in [0.1, 0.15) is 6.04 Å². The Morgan fingerprint density at radius 3 is 2.26 bits per heavy atom. The monoisotopic (exact) mass is 541 g/mol. The minimum Gasteiger partial charge on any atom is -0.352 e. The van der Waals surface area contributed by atoms with E-state index in [0.29, 0.717) is 31.5 Å². The number of hydrogen-bond acceptors (Lipinski definition) is 4. The van der Waals surface area contributed by atoms with E-state index in [1.54, 1.807) is 11.0 Å². The van der Waals surface area contributed by atoms with Gasteiger partial charge in [-0.2, -0.15) is 0 Å². The van der Waals surface area contributed by atoms with Crippen LogP contribution in [0.2, 0.25) is 0 Å². The quantitative estimate of drug-likeness (QED) is 0.393. The first kappa shape index (κ1) is 29.7. The van der Waals surface area contributed by atoms with Crippen molar-refractivity contribution in [1.29, 1.82) is 0 Å². The van der Waals surface area contributed by atoms with E-state index in [9.17, 15) is 18.0 Å². The summed E-state index contributed by atoms with van der Waals surface area (Å²) in [5, 5.41) is 3.20. The largest absolute Gasteiger partial charge is 0.352 e. The van der Waals surface area contributed by atoms with Crippen LogP contribution in [-0.4, -0.2) is 56.6 Å². The second-order valence-corrected chi connectivity index (χ2v) is 12.2. The summed E-state index contributed by atoms with van der Waals surface area (Å²) < 4.78 is 26.5. The third-order valence-corrected chi connectivity index (χ3v) is 8.54. The van der Waals surface area contributed by atoms with Gasteiger partial charge in [0.25, 0.3) is 0 Å². The van der Waals surface area contributed by atoms with Crippen molar-refractivity contribution in [3.63, 3.8) is 0 Å². The molecule has 0 aromatic heterocycles. The number of nitrogens with zero attached hydrogens (tertiary/aromatic N) is 2. The fourth-order valence-corrected chi connectivity index (χ4v) is 6.29. The molecule has 0 bridgehead atoms. The molecular formula is C30H43N3O4S. The third kappa shape index (κ3) is 8.58. The van der Waals surface area contributed by atoms with Crippen LogP contribution < -0.4 is 9.62 Å². The van der Waals surface area contributed by atoms with Gasteiger partial charge in [0.2, 0.25) is 21.8 Å². The Labute approximate surface area is 228 Å². The second kappa shape index (κ2) is 14.3. The molecule has 0 heterocycles. The highest BCUT2D eigenvalue weighted by Crippen LogP contribution is 2.23. The molecular weight excluding hydrogens is 498 g/mol. The molecule has 1 saturated carbocycles. The molecule has 8 heteroatoms. The van der Waals surface area contributed by atoms with Crippen LogP contribution in [0.5, 0.6) is 0 Å². The molecule has 2 aromatic rings. The van der Waals surface area contributed by atoms with Gasteiger partial charge < -0.3 is 10.2 Å². The van der Waals surface area contributed by atoms with Gasteiger partial charge in [-0.15, -0.1) is 0 Å². The van der Waals surface area contributed by atoms with Crippen molar-refractivity contribution in [3.05, 3.63) is 65.7 Å². The maximum absolute atomic E-state index is 13.6. The molecule has 0 aliphatic heterocycles. The molecule has 208 valence electrons. The lowest BCUT2D eigenvalue weighted by atomic mass is 9.95. The first-order valence-electron chi connectivity index (χ1n) is 13.9. The second-order valence-electron chi connectivity index (χ2n) is 10.3. The molecule has 1 unspecified atom stereocenters. The topological polar surface area (TPSA) is 86.8 Å². The lowest BCUT2D eigenvalue weighted by Gasteiger charge is -2.33. The zero-order valence-corrected chi connectivity index (χ0v) is 23.9. The molecule has 1 fully saturated rings. The first-order chi connectivity index (χ1) is 18.2. The van der Waals surface area contributed by atoms with Crippen LogP contribution in [0.4, 0.5) is 5.69 Å². The minimum absolute atomic E-state index is 0.0847. The van der Waals surface area contributed by atoms with Crippen LogP contribution >= 0.6 is 0 Å². The number of para-hydroxylation sites is 1. The lowest BCUT2D eigenvalue weighted by Crippen LogP contribution is -2.52. The van der Waals surface area contributed by atoms with E-state index < -0.39 is 16.1 Å². The molecule has 1 aliphatic carbocycles. The maximum atomic E-state index is 13.6. The normalized spacial score (nSPS) is 15.0. The minimum atomic E-state index is -3.51. The van der Waals surface area contributed by atoms with Crippen LogP contribution in [0.1, 0.15) is 69.4 Å². The predicted octanol–water partition coefficient (Wildman–Crippen LogP) is 4.84. The fraction of sp³-hybridized carbons (Fsp3) is 0.533. The summed E-state index contributed by atoms with van der Waals surface area (Å²) in [6, 6.07) is 16.9. The van der Waals surface area contributed by atoms with Crippen molar-refractivity contribution in [2.45, 2.75) is 83.7 Å². The summed E-state index contributed by atoms with van der Waals surface area (Å²) in [6.45, 7) is 4.46. The molecule has 1 atom stereocenters. The van der Waals surface area contributed by atoms with E-state index >= 15 is 0 Å². The molecule has 1 aliphatic rings. The Morgan fingerprint density at radius 2 is 1.63 bits per heavy atom. The summed E-state index contributed by atoms with van der Waals surface area (Å²) in [5.74, 6) is -0.205. The molecule has 38 heavy (non-hydrogen) atoms. The van der Waals surface area contributed by atoms with Gasteiger partial charge >= 0.3 is 0 Å². The predicted molar refractivity (Wildman–Crippen MR) is 154 cm³/mol. The molecule has 0 radical (unpaired) electrons. The summed E-state index contributed by atoms with van der Waals surface area (Å²) in [6.07, 6.45) is 8.32. The maximum Gasteiger partial charge on any atom is 0.243 e. The van der Waals surface area contributed by atoms with Gasteiger partial charge in [0, 0.05) is 25.6 Å². The summed E-state index contributed by atoms with van der Waals surface area (Å²) in [5.41, 5.74) is 2.59. The third-order valence-electron chi connectivity index (χ3n) is 7.36. The van der Waals surface area contributed by atoms with Crippen molar-refractivity contribution in [1.82, 2.24) is 10.2 Å². The van der Waals surface area contributed by atoms with Crippen LogP contribution in [0.15, 0.2) is 54.6 Å². The van der Waals surface area contributed by atoms with E-state index in [4.69, 9.17) is 0 Å². The SMILES string of the molecule is CCC(C(=O)NC1CCCCC1)N(CCc1ccccc1)C(=O)CCCN(c1ccccc1C)S(C)(=O)=O. The Kier molecular flexibility index (Phi) is 11.2. The van der Waals surface area contributed by atoms with E-state index in [1.807, 2.05) is 62.4 Å². The van der Waals surface area contributed by atoms with E-state index in [2.05, 4.69) is 5.32 Å². The van der Waals surface area contributed by atoms with Gasteiger partial charge in [0.05, 0.1) is 11.9 Å². The average Bonchev–Trinajstić information content (AvgIpc) is 2.90. The highest BCUT2D eigenvalue weighted by atomic mass is 32.2. The van der Waals surface area contributed by atoms with Gasteiger partial charge in [-0.25, -0.2) is 8.42 Å². The van der Waals surface area contributed by atoms with E-state index in [-0.39, 0.29) is 30.8 Å². The number of aryl methyl sites for hydroxylation is 1. The van der Waals surface area contributed by atoms with Crippen LogP contribution in [0.25, 0.3) is 0 Å². The fourth-order valence-electron chi connectivity index (χ4n) is 5.27. The number of hydrogen-bond donors (Lipinski definition) is 1. The number of benzene rings is 2. The number of nitrogens with one attached hydrogen (secondary N) is 1. The van der Waals surface area contributed by atoms with E-state index in [1.165, 1.54) is 17.0 Å².